The Kier molecular flexibility index (Phi) is 5.79. The number of amides is 1. The van der Waals surface area contributed by atoms with Gasteiger partial charge in [0.15, 0.2) is 0 Å². The van der Waals surface area contributed by atoms with Gasteiger partial charge in [-0.1, -0.05) is 12.1 Å². The summed E-state index contributed by atoms with van der Waals surface area (Å²) in [6, 6.07) is 7.65. The average Bonchev–Trinajstić information content (AvgIpc) is 2.55. The minimum atomic E-state index is -0.288. The minimum absolute atomic E-state index is 0.271. The fraction of sp³-hybridized carbons (Fsp3) is 0.267. The first kappa shape index (κ1) is 15.8. The smallest absolute Gasteiger partial charge is 0.270 e. The van der Waals surface area contributed by atoms with Crippen molar-refractivity contribution in [2.24, 2.45) is 0 Å². The fourth-order valence-electron chi connectivity index (χ4n) is 1.71. The van der Waals surface area contributed by atoms with Gasteiger partial charge in [0, 0.05) is 26.4 Å². The molecule has 0 unspecified atom stereocenters. The molecule has 2 N–H and O–H groups in total. The molecule has 0 atom stereocenters. The third kappa shape index (κ3) is 4.78. The maximum atomic E-state index is 12.8. The number of benzene rings is 1. The number of hydrogen-bond acceptors (Lipinski definition) is 5. The van der Waals surface area contributed by atoms with Gasteiger partial charge in [-0.05, 0) is 23.8 Å². The van der Waals surface area contributed by atoms with Crippen LogP contribution in [0.25, 0.3) is 0 Å². The van der Waals surface area contributed by atoms with Crippen LogP contribution in [0, 0.1) is 5.82 Å². The number of nitrogens with one attached hydrogen (secondary N) is 2. The van der Waals surface area contributed by atoms with Gasteiger partial charge in [0.25, 0.3) is 5.91 Å². The second kappa shape index (κ2) is 8.04. The Balaban J connectivity index is 1.93. The third-order valence-corrected chi connectivity index (χ3v) is 2.84. The van der Waals surface area contributed by atoms with E-state index < -0.39 is 0 Å². The van der Waals surface area contributed by atoms with Gasteiger partial charge in [0.2, 0.25) is 5.95 Å². The largest absolute Gasteiger partial charge is 0.383 e. The van der Waals surface area contributed by atoms with Gasteiger partial charge >= 0.3 is 0 Å². The van der Waals surface area contributed by atoms with E-state index in [1.807, 2.05) is 0 Å². The second-order valence-corrected chi connectivity index (χ2v) is 4.49. The van der Waals surface area contributed by atoms with Crippen molar-refractivity contribution >= 4 is 11.9 Å². The maximum absolute atomic E-state index is 12.8. The Bertz CT molecular complexity index is 619. The van der Waals surface area contributed by atoms with Crippen molar-refractivity contribution in [2.45, 2.75) is 6.54 Å². The van der Waals surface area contributed by atoms with Crippen LogP contribution in [0.4, 0.5) is 10.3 Å². The Morgan fingerprint density at radius 1 is 1.27 bits per heavy atom. The van der Waals surface area contributed by atoms with Gasteiger partial charge in [-0.2, -0.15) is 0 Å². The van der Waals surface area contributed by atoms with Crippen molar-refractivity contribution in [2.75, 3.05) is 25.6 Å². The Hall–Kier alpha value is -2.54. The maximum Gasteiger partial charge on any atom is 0.270 e. The molecule has 1 aromatic carbocycles. The lowest BCUT2D eigenvalue weighted by Gasteiger charge is -2.07. The lowest BCUT2D eigenvalue weighted by atomic mass is 10.2. The zero-order valence-electron chi connectivity index (χ0n) is 12.2. The first-order chi connectivity index (χ1) is 10.7. The number of ether oxygens (including phenoxy) is 1. The molecule has 2 rings (SSSR count). The van der Waals surface area contributed by atoms with E-state index >= 15 is 0 Å². The average molecular weight is 304 g/mol. The zero-order valence-corrected chi connectivity index (χ0v) is 12.2. The predicted molar refractivity (Wildman–Crippen MR) is 80.0 cm³/mol. The van der Waals surface area contributed by atoms with Gasteiger partial charge < -0.3 is 15.4 Å². The number of nitrogens with zero attached hydrogens (tertiary/aromatic N) is 2. The number of carbonyl (C=O) groups excluding carboxylic acids is 1. The molecule has 1 heterocycles. The number of halogens is 1. The highest BCUT2D eigenvalue weighted by Crippen LogP contribution is 2.06. The van der Waals surface area contributed by atoms with Gasteiger partial charge in [-0.25, -0.2) is 14.4 Å². The van der Waals surface area contributed by atoms with E-state index in [1.165, 1.54) is 24.4 Å². The lowest BCUT2D eigenvalue weighted by molar-refractivity contribution is 0.0932. The molecule has 0 aliphatic heterocycles. The molecular weight excluding hydrogens is 287 g/mol. The monoisotopic (exact) mass is 304 g/mol. The van der Waals surface area contributed by atoms with Crippen molar-refractivity contribution in [3.05, 3.63) is 53.6 Å². The molecule has 1 aromatic heterocycles. The summed E-state index contributed by atoms with van der Waals surface area (Å²) >= 11 is 0. The molecule has 0 radical (unpaired) electrons. The number of carbonyl (C=O) groups is 1. The second-order valence-electron chi connectivity index (χ2n) is 4.49. The van der Waals surface area contributed by atoms with E-state index in [2.05, 4.69) is 20.6 Å². The van der Waals surface area contributed by atoms with Gasteiger partial charge in [-0.15, -0.1) is 0 Å². The molecule has 1 amide bonds. The normalized spacial score (nSPS) is 10.3. The molecule has 6 nitrogen and oxygen atoms in total. The highest BCUT2D eigenvalue weighted by molar-refractivity contribution is 5.92. The molecule has 0 spiro atoms. The van der Waals surface area contributed by atoms with Crippen LogP contribution in [-0.2, 0) is 11.3 Å². The zero-order chi connectivity index (χ0) is 15.8. The van der Waals surface area contributed by atoms with E-state index in [0.29, 0.717) is 25.6 Å². The molecule has 0 fully saturated rings. The SMILES string of the molecule is COCCNC(=O)c1ccnc(NCc2ccc(F)cc2)n1. The van der Waals surface area contributed by atoms with Crippen LogP contribution >= 0.6 is 0 Å². The van der Waals surface area contributed by atoms with Crippen molar-refractivity contribution in [1.82, 2.24) is 15.3 Å². The standard InChI is InChI=1S/C15H17FN4O2/c1-22-9-8-17-14(21)13-6-7-18-15(20-13)19-10-11-2-4-12(16)5-3-11/h2-7H,8-10H2,1H3,(H,17,21)(H,18,19,20). The molecule has 116 valence electrons. The molecule has 2 aromatic rings. The van der Waals surface area contributed by atoms with Crippen LogP contribution in [0.1, 0.15) is 16.1 Å². The summed E-state index contributed by atoms with van der Waals surface area (Å²) < 4.78 is 17.7. The number of rotatable bonds is 7. The van der Waals surface area contributed by atoms with Gasteiger partial charge in [0.05, 0.1) is 6.61 Å². The highest BCUT2D eigenvalue weighted by atomic mass is 19.1. The van der Waals surface area contributed by atoms with Crippen molar-refractivity contribution in [3.63, 3.8) is 0 Å². The van der Waals surface area contributed by atoms with E-state index in [9.17, 15) is 9.18 Å². The van der Waals surface area contributed by atoms with Crippen LogP contribution in [0.15, 0.2) is 36.5 Å². The summed E-state index contributed by atoms with van der Waals surface area (Å²) in [5.41, 5.74) is 1.16. The number of hydrogen-bond donors (Lipinski definition) is 2. The molecule has 0 aliphatic rings. The first-order valence-corrected chi connectivity index (χ1v) is 6.77. The summed E-state index contributed by atoms with van der Waals surface area (Å²) in [5.74, 6) is -0.234. The van der Waals surface area contributed by atoms with E-state index in [1.54, 1.807) is 19.2 Å². The topological polar surface area (TPSA) is 76.1 Å². The van der Waals surface area contributed by atoms with Gasteiger partial charge in [0.1, 0.15) is 11.5 Å². The quantitative estimate of drug-likeness (QED) is 0.760. The number of aromatic nitrogens is 2. The molecule has 0 bridgehead atoms. The van der Waals surface area contributed by atoms with Crippen LogP contribution in [-0.4, -0.2) is 36.1 Å². The van der Waals surface area contributed by atoms with E-state index in [-0.39, 0.29) is 17.4 Å². The number of methoxy groups -OCH3 is 1. The highest BCUT2D eigenvalue weighted by Gasteiger charge is 2.08. The van der Waals surface area contributed by atoms with Gasteiger partial charge in [-0.3, -0.25) is 4.79 Å². The Morgan fingerprint density at radius 2 is 2.05 bits per heavy atom. The summed E-state index contributed by atoms with van der Waals surface area (Å²) in [6.07, 6.45) is 1.51. The van der Waals surface area contributed by atoms with Crippen LogP contribution in [0.2, 0.25) is 0 Å². The molecular formula is C15H17FN4O2. The molecule has 0 aliphatic carbocycles. The first-order valence-electron chi connectivity index (χ1n) is 6.77. The van der Waals surface area contributed by atoms with Crippen LogP contribution < -0.4 is 10.6 Å². The third-order valence-electron chi connectivity index (χ3n) is 2.84. The molecule has 0 saturated heterocycles. The summed E-state index contributed by atoms with van der Waals surface area (Å²) in [5, 5.41) is 5.68. The summed E-state index contributed by atoms with van der Waals surface area (Å²) in [7, 11) is 1.56. The summed E-state index contributed by atoms with van der Waals surface area (Å²) in [4.78, 5) is 20.0. The van der Waals surface area contributed by atoms with Crippen molar-refractivity contribution < 1.29 is 13.9 Å². The van der Waals surface area contributed by atoms with Crippen molar-refractivity contribution in [3.8, 4) is 0 Å². The predicted octanol–water partition coefficient (Wildman–Crippen LogP) is 1.60. The molecule has 22 heavy (non-hydrogen) atoms. The lowest BCUT2D eigenvalue weighted by Crippen LogP contribution is -2.28. The van der Waals surface area contributed by atoms with E-state index in [0.717, 1.165) is 5.56 Å². The Morgan fingerprint density at radius 3 is 2.77 bits per heavy atom. The fourth-order valence-corrected chi connectivity index (χ4v) is 1.71. The van der Waals surface area contributed by atoms with Crippen molar-refractivity contribution in [1.29, 1.82) is 0 Å². The molecule has 7 heteroatoms. The summed E-state index contributed by atoms with van der Waals surface area (Å²) in [6.45, 7) is 1.29. The van der Waals surface area contributed by atoms with Crippen LogP contribution in [0.3, 0.4) is 0 Å². The minimum Gasteiger partial charge on any atom is -0.383 e. The van der Waals surface area contributed by atoms with E-state index in [4.69, 9.17) is 4.74 Å². The Labute approximate surface area is 127 Å². The molecule has 0 saturated carbocycles. The van der Waals surface area contributed by atoms with Crippen LogP contribution in [0.5, 0.6) is 0 Å². The number of anilines is 1.